The number of benzene rings is 2. The Bertz CT molecular complexity index is 2050. The van der Waals surface area contributed by atoms with Crippen molar-refractivity contribution in [3.63, 3.8) is 0 Å². The number of piperazine rings is 1. The monoisotopic (exact) mass is 677 g/mol. The van der Waals surface area contributed by atoms with E-state index in [-0.39, 0.29) is 62.4 Å². The summed E-state index contributed by atoms with van der Waals surface area (Å²) in [6.45, 7) is 13.6. The van der Waals surface area contributed by atoms with Crippen molar-refractivity contribution in [2.45, 2.75) is 78.7 Å². The maximum atomic E-state index is 16.6. The maximum absolute atomic E-state index is 16.6. The van der Waals surface area contributed by atoms with Gasteiger partial charge in [0.25, 0.3) is 5.91 Å². The fraction of sp³-hybridized carbons (Fsp3) is 0.429. The van der Waals surface area contributed by atoms with Gasteiger partial charge in [0.1, 0.15) is 33.9 Å². The molecule has 0 radical (unpaired) electrons. The molecule has 1 unspecified atom stereocenters. The lowest BCUT2D eigenvalue weighted by atomic mass is 9.92. The number of rotatable bonds is 2. The highest BCUT2D eigenvalue weighted by Crippen LogP contribution is 2.46. The van der Waals surface area contributed by atoms with Crippen LogP contribution in [0.2, 0.25) is 0 Å². The minimum absolute atomic E-state index is 0.0213. The first-order chi connectivity index (χ1) is 22.5. The Morgan fingerprint density at radius 3 is 2.38 bits per heavy atom. The second-order valence-corrected chi connectivity index (χ2v) is 15.2. The van der Waals surface area contributed by atoms with Crippen molar-refractivity contribution in [2.24, 2.45) is 0 Å². The Kier molecular flexibility index (Phi) is 8.14. The third-order valence-corrected chi connectivity index (χ3v) is 9.51. The van der Waals surface area contributed by atoms with Gasteiger partial charge in [0, 0.05) is 48.7 Å². The number of halogens is 2. The fourth-order valence-corrected chi connectivity index (χ4v) is 7.63. The lowest BCUT2D eigenvalue weighted by Crippen LogP contribution is -2.57. The van der Waals surface area contributed by atoms with Crippen molar-refractivity contribution in [2.75, 3.05) is 25.0 Å². The number of nitrogens with one attached hydrogen (secondary N) is 1. The fourth-order valence-electron chi connectivity index (χ4n) is 6.56. The number of thiophene rings is 1. The minimum Gasteiger partial charge on any atom is -0.444 e. The first kappa shape index (κ1) is 33.2. The molecule has 252 valence electrons. The van der Waals surface area contributed by atoms with Crippen LogP contribution in [-0.2, 0) is 16.0 Å². The smallest absolute Gasteiger partial charge is 0.412 e. The molecule has 4 heterocycles. The molecule has 1 fully saturated rings. The number of anilines is 1. The number of carbonyl (C=O) groups is 3. The number of aromatic nitrogens is 1. The minimum atomic E-state index is -0.809. The van der Waals surface area contributed by atoms with E-state index in [1.54, 1.807) is 51.3 Å². The normalized spacial score (nSPS) is 16.8. The number of aryl methyl sites for hydroxylation is 2. The Hall–Kier alpha value is -4.70. The molecular weight excluding hydrogens is 640 g/mol. The lowest BCUT2D eigenvalue weighted by molar-refractivity contribution is 0.00286. The van der Waals surface area contributed by atoms with E-state index < -0.39 is 35.0 Å². The number of hydrogen-bond acceptors (Lipinski definition) is 7. The second-order valence-electron chi connectivity index (χ2n) is 14.2. The highest BCUT2D eigenvalue weighted by Gasteiger charge is 2.38. The van der Waals surface area contributed by atoms with Crippen molar-refractivity contribution >= 4 is 55.4 Å². The summed E-state index contributed by atoms with van der Waals surface area (Å²) in [7, 11) is 0. The third-order valence-electron chi connectivity index (χ3n) is 8.40. The van der Waals surface area contributed by atoms with Crippen LogP contribution in [-0.4, -0.2) is 69.3 Å². The standard InChI is InChI=1S/C35H37F2N5O5S/c1-18-16-40-11-10-19-17-41(33(45)47-35(5,6)7)12-13-42(19)31(43)21-14-24(37)27(25(18)28(21)40)20-8-9-23(36)29-26(20)22(15-38)30(48-29)39-32(44)46-34(2,3)4/h8-9,14,16,19H,10-13,17H2,1-7H3,(H,39,44). The average Bonchev–Trinajstić information content (AvgIpc) is 3.51. The van der Waals surface area contributed by atoms with Crippen LogP contribution in [0.25, 0.3) is 32.1 Å². The highest BCUT2D eigenvalue weighted by molar-refractivity contribution is 7.23. The SMILES string of the molecule is Cc1cn2c3c(cc(F)c(-c4ccc(F)c5sc(NC(=O)OC(C)(C)C)c(C#N)c45)c13)C(=O)N1CCN(C(=O)OC(C)(C)C)CC1CC2. The van der Waals surface area contributed by atoms with Gasteiger partial charge in [-0.15, -0.1) is 11.3 Å². The van der Waals surface area contributed by atoms with Gasteiger partial charge in [-0.3, -0.25) is 10.1 Å². The number of nitrogens with zero attached hydrogens (tertiary/aromatic N) is 4. The quantitative estimate of drug-likeness (QED) is 0.232. The number of carbonyl (C=O) groups excluding carboxylic acids is 3. The van der Waals surface area contributed by atoms with Crippen LogP contribution < -0.4 is 5.32 Å². The average molecular weight is 678 g/mol. The van der Waals surface area contributed by atoms with Gasteiger partial charge in [-0.05, 0) is 78.1 Å². The molecule has 2 aliphatic rings. The molecule has 48 heavy (non-hydrogen) atoms. The number of ether oxygens (including phenoxy) is 2. The topological polar surface area (TPSA) is 117 Å². The van der Waals surface area contributed by atoms with E-state index in [1.165, 1.54) is 18.2 Å². The molecule has 6 rings (SSSR count). The first-order valence-corrected chi connectivity index (χ1v) is 16.6. The van der Waals surface area contributed by atoms with E-state index in [0.29, 0.717) is 36.0 Å². The summed E-state index contributed by atoms with van der Waals surface area (Å²) in [5.41, 5.74) is 0.334. The molecule has 1 atom stereocenters. The Balaban J connectivity index is 1.45. The summed E-state index contributed by atoms with van der Waals surface area (Å²) in [5.74, 6) is -1.68. The van der Waals surface area contributed by atoms with Crippen LogP contribution in [0.3, 0.4) is 0 Å². The molecule has 0 aliphatic carbocycles. The molecule has 13 heteroatoms. The van der Waals surface area contributed by atoms with E-state index in [0.717, 1.165) is 11.3 Å². The molecule has 0 saturated carbocycles. The number of amides is 3. The van der Waals surface area contributed by atoms with Gasteiger partial charge in [-0.25, -0.2) is 18.4 Å². The molecule has 0 bridgehead atoms. The zero-order chi connectivity index (χ0) is 34.9. The lowest BCUT2D eigenvalue weighted by Gasteiger charge is -2.42. The van der Waals surface area contributed by atoms with Gasteiger partial charge >= 0.3 is 12.2 Å². The zero-order valence-electron chi connectivity index (χ0n) is 27.9. The molecule has 10 nitrogen and oxygen atoms in total. The molecule has 3 amide bonds. The predicted molar refractivity (Wildman–Crippen MR) is 179 cm³/mol. The van der Waals surface area contributed by atoms with Crippen LogP contribution in [0.4, 0.5) is 23.4 Å². The van der Waals surface area contributed by atoms with E-state index in [9.17, 15) is 19.6 Å². The van der Waals surface area contributed by atoms with Gasteiger partial charge in [0.15, 0.2) is 0 Å². The highest BCUT2D eigenvalue weighted by atomic mass is 32.1. The van der Waals surface area contributed by atoms with E-state index in [1.807, 2.05) is 17.7 Å². The summed E-state index contributed by atoms with van der Waals surface area (Å²) in [4.78, 5) is 42.9. The molecule has 2 aliphatic heterocycles. The maximum Gasteiger partial charge on any atom is 0.412 e. The van der Waals surface area contributed by atoms with Gasteiger partial charge < -0.3 is 23.8 Å². The summed E-state index contributed by atoms with van der Waals surface area (Å²) in [6, 6.07) is 5.62. The van der Waals surface area contributed by atoms with Gasteiger partial charge in [-0.2, -0.15) is 5.26 Å². The van der Waals surface area contributed by atoms with E-state index >= 15 is 8.78 Å². The van der Waals surface area contributed by atoms with Crippen LogP contribution in [0, 0.1) is 29.9 Å². The molecule has 1 saturated heterocycles. The number of hydrogen-bond donors (Lipinski definition) is 1. The number of fused-ring (bicyclic) bond motifs is 2. The Morgan fingerprint density at radius 2 is 1.71 bits per heavy atom. The third kappa shape index (κ3) is 5.94. The van der Waals surface area contributed by atoms with Crippen molar-refractivity contribution in [1.29, 1.82) is 5.26 Å². The predicted octanol–water partition coefficient (Wildman–Crippen LogP) is 7.79. The summed E-state index contributed by atoms with van der Waals surface area (Å²) in [5, 5.41) is 13.5. The van der Waals surface area contributed by atoms with Crippen molar-refractivity contribution in [3.8, 4) is 17.2 Å². The van der Waals surface area contributed by atoms with Crippen LogP contribution in [0.15, 0.2) is 24.4 Å². The first-order valence-electron chi connectivity index (χ1n) is 15.7. The molecular formula is C35H37F2N5O5S. The van der Waals surface area contributed by atoms with Crippen LogP contribution >= 0.6 is 11.3 Å². The van der Waals surface area contributed by atoms with E-state index in [4.69, 9.17) is 9.47 Å². The van der Waals surface area contributed by atoms with Crippen molar-refractivity contribution in [3.05, 3.63) is 52.7 Å². The Labute approximate surface area is 280 Å². The summed E-state index contributed by atoms with van der Waals surface area (Å²) < 4.78 is 44.8. The number of nitriles is 1. The van der Waals surface area contributed by atoms with E-state index in [2.05, 4.69) is 11.4 Å². The zero-order valence-corrected chi connectivity index (χ0v) is 28.7. The molecule has 2 aromatic carbocycles. The largest absolute Gasteiger partial charge is 0.444 e. The summed E-state index contributed by atoms with van der Waals surface area (Å²) in [6.07, 6.45) is 1.16. The molecule has 0 spiro atoms. The summed E-state index contributed by atoms with van der Waals surface area (Å²) >= 11 is 0.867. The van der Waals surface area contributed by atoms with Crippen LogP contribution in [0.1, 0.15) is 69.4 Å². The van der Waals surface area contributed by atoms with Gasteiger partial charge in [0.05, 0.1) is 27.4 Å². The van der Waals surface area contributed by atoms with Crippen molar-refractivity contribution < 1.29 is 32.6 Å². The van der Waals surface area contributed by atoms with Gasteiger partial charge in [-0.1, -0.05) is 6.07 Å². The molecule has 4 aromatic rings. The van der Waals surface area contributed by atoms with Crippen LogP contribution in [0.5, 0.6) is 0 Å². The van der Waals surface area contributed by atoms with Gasteiger partial charge in [0.2, 0.25) is 0 Å². The Morgan fingerprint density at radius 1 is 1.00 bits per heavy atom. The molecule has 2 aromatic heterocycles. The second kappa shape index (κ2) is 11.8. The van der Waals surface area contributed by atoms with Crippen molar-refractivity contribution in [1.82, 2.24) is 14.4 Å². The molecule has 1 N–H and O–H groups in total.